The second kappa shape index (κ2) is 9.37. The van der Waals surface area contributed by atoms with Crippen LogP contribution < -0.4 is 0 Å². The molecule has 0 fully saturated rings. The molecule has 3 nitrogen and oxygen atoms in total. The van der Waals surface area contributed by atoms with Crippen LogP contribution in [0.3, 0.4) is 0 Å². The van der Waals surface area contributed by atoms with Crippen LogP contribution in [-0.2, 0) is 14.3 Å². The summed E-state index contributed by atoms with van der Waals surface area (Å²) in [5.74, 6) is -1.02. The zero-order valence-corrected chi connectivity index (χ0v) is 10.8. The normalized spacial score (nSPS) is 12.2. The molecule has 0 radical (unpaired) electrons. The minimum absolute atomic E-state index is 0.0830. The molecule has 0 saturated carbocycles. The molecular weight excluding hydrogens is 204 g/mol. The van der Waals surface area contributed by atoms with E-state index in [1.54, 1.807) is 0 Å². The molecule has 0 heterocycles. The highest BCUT2D eigenvalue weighted by Crippen LogP contribution is 2.14. The van der Waals surface area contributed by atoms with Gasteiger partial charge in [-0.05, 0) is 13.3 Å². The molecule has 16 heavy (non-hydrogen) atoms. The number of methoxy groups -OCH3 is 1. The Balaban J connectivity index is 3.69. The molecule has 0 bridgehead atoms. The topological polar surface area (TPSA) is 43.4 Å². The van der Waals surface area contributed by atoms with Gasteiger partial charge in [0.15, 0.2) is 0 Å². The maximum atomic E-state index is 11.3. The largest absolute Gasteiger partial charge is 0.468 e. The van der Waals surface area contributed by atoms with Crippen molar-refractivity contribution in [2.45, 2.75) is 58.8 Å². The first-order valence-corrected chi connectivity index (χ1v) is 6.21. The van der Waals surface area contributed by atoms with E-state index >= 15 is 0 Å². The van der Waals surface area contributed by atoms with Crippen LogP contribution in [0.2, 0.25) is 0 Å². The molecule has 3 heteroatoms. The van der Waals surface area contributed by atoms with Crippen molar-refractivity contribution in [1.29, 1.82) is 0 Å². The number of ether oxygens (including phenoxy) is 1. The lowest BCUT2D eigenvalue weighted by Gasteiger charge is -2.10. The van der Waals surface area contributed by atoms with Crippen molar-refractivity contribution in [3.63, 3.8) is 0 Å². The lowest BCUT2D eigenvalue weighted by atomic mass is 9.97. The predicted molar refractivity (Wildman–Crippen MR) is 64.2 cm³/mol. The van der Waals surface area contributed by atoms with Crippen molar-refractivity contribution >= 4 is 11.8 Å². The molecule has 0 aliphatic heterocycles. The Kier molecular flexibility index (Phi) is 8.87. The van der Waals surface area contributed by atoms with Crippen LogP contribution in [0.4, 0.5) is 0 Å². The molecular formula is C13H24O3. The smallest absolute Gasteiger partial charge is 0.316 e. The average molecular weight is 228 g/mol. The molecule has 0 saturated heterocycles. The van der Waals surface area contributed by atoms with Gasteiger partial charge in [-0.1, -0.05) is 45.4 Å². The van der Waals surface area contributed by atoms with Crippen molar-refractivity contribution in [3.05, 3.63) is 0 Å². The van der Waals surface area contributed by atoms with Gasteiger partial charge in [0, 0.05) is 0 Å². The highest BCUT2D eigenvalue weighted by molar-refractivity contribution is 5.97. The Morgan fingerprint density at radius 3 is 2.12 bits per heavy atom. The van der Waals surface area contributed by atoms with Crippen molar-refractivity contribution in [2.75, 3.05) is 7.11 Å². The molecule has 1 atom stereocenters. The van der Waals surface area contributed by atoms with Crippen molar-refractivity contribution in [2.24, 2.45) is 5.92 Å². The minimum atomic E-state index is -0.545. The number of Topliss-reactive ketones (excluding diaryl/α,β-unsaturated/α-hetero) is 1. The number of rotatable bonds is 9. The first-order chi connectivity index (χ1) is 7.63. The van der Waals surface area contributed by atoms with Gasteiger partial charge in [-0.25, -0.2) is 0 Å². The lowest BCUT2D eigenvalue weighted by molar-refractivity contribution is -0.149. The van der Waals surface area contributed by atoms with Crippen LogP contribution in [0.1, 0.15) is 58.8 Å². The number of unbranched alkanes of at least 4 members (excludes halogenated alkanes) is 5. The summed E-state index contributed by atoms with van der Waals surface area (Å²) in [5, 5.41) is 0. The number of carbonyl (C=O) groups is 2. The van der Waals surface area contributed by atoms with Gasteiger partial charge in [-0.3, -0.25) is 9.59 Å². The average Bonchev–Trinajstić information content (AvgIpc) is 2.26. The van der Waals surface area contributed by atoms with Crippen molar-refractivity contribution < 1.29 is 14.3 Å². The van der Waals surface area contributed by atoms with E-state index in [4.69, 9.17) is 0 Å². The van der Waals surface area contributed by atoms with Gasteiger partial charge in [0.2, 0.25) is 0 Å². The Morgan fingerprint density at radius 1 is 1.06 bits per heavy atom. The molecule has 0 aromatic heterocycles. The standard InChI is InChI=1S/C13H24O3/c1-4-5-6-7-8-9-10-12(11(2)14)13(15)16-3/h12H,4-10H2,1-3H3/t12-/m1/s1. The third-order valence-corrected chi connectivity index (χ3v) is 2.82. The summed E-state index contributed by atoms with van der Waals surface area (Å²) in [7, 11) is 1.33. The lowest BCUT2D eigenvalue weighted by Crippen LogP contribution is -2.23. The predicted octanol–water partition coefficient (Wildman–Crippen LogP) is 3.12. The van der Waals surface area contributed by atoms with E-state index in [1.807, 2.05) is 0 Å². The van der Waals surface area contributed by atoms with Crippen LogP contribution in [0.25, 0.3) is 0 Å². The quantitative estimate of drug-likeness (QED) is 0.346. The second-order valence-corrected chi connectivity index (χ2v) is 4.24. The summed E-state index contributed by atoms with van der Waals surface area (Å²) < 4.78 is 4.61. The summed E-state index contributed by atoms with van der Waals surface area (Å²) >= 11 is 0. The number of hydrogen-bond acceptors (Lipinski definition) is 3. The first-order valence-electron chi connectivity index (χ1n) is 6.21. The van der Waals surface area contributed by atoms with Gasteiger partial charge >= 0.3 is 5.97 Å². The fourth-order valence-electron chi connectivity index (χ4n) is 1.76. The molecule has 0 amide bonds. The number of ketones is 1. The van der Waals surface area contributed by atoms with Gasteiger partial charge in [-0.2, -0.15) is 0 Å². The zero-order chi connectivity index (χ0) is 12.4. The Hall–Kier alpha value is -0.860. The summed E-state index contributed by atoms with van der Waals surface area (Å²) in [6.07, 6.45) is 7.61. The Labute approximate surface area is 98.6 Å². The molecule has 94 valence electrons. The van der Waals surface area contributed by atoms with Crippen LogP contribution in [0, 0.1) is 5.92 Å². The summed E-state index contributed by atoms with van der Waals surface area (Å²) in [6, 6.07) is 0. The first kappa shape index (κ1) is 15.1. The van der Waals surface area contributed by atoms with Crippen molar-refractivity contribution in [1.82, 2.24) is 0 Å². The third kappa shape index (κ3) is 6.59. The molecule has 0 aromatic rings. The van der Waals surface area contributed by atoms with Gasteiger partial charge < -0.3 is 4.74 Å². The van der Waals surface area contributed by atoms with Crippen LogP contribution in [0.5, 0.6) is 0 Å². The van der Waals surface area contributed by atoms with Crippen molar-refractivity contribution in [3.8, 4) is 0 Å². The SMILES string of the molecule is CCCCCCCC[C@H](C(C)=O)C(=O)OC. The molecule has 0 aliphatic carbocycles. The summed E-state index contributed by atoms with van der Waals surface area (Å²) in [6.45, 7) is 3.64. The van der Waals surface area contributed by atoms with E-state index in [2.05, 4.69) is 11.7 Å². The van der Waals surface area contributed by atoms with E-state index in [0.29, 0.717) is 6.42 Å². The van der Waals surface area contributed by atoms with Gasteiger partial charge in [-0.15, -0.1) is 0 Å². The van der Waals surface area contributed by atoms with Gasteiger partial charge in [0.1, 0.15) is 11.7 Å². The van der Waals surface area contributed by atoms with Gasteiger partial charge in [0.05, 0.1) is 7.11 Å². The third-order valence-electron chi connectivity index (χ3n) is 2.82. The van der Waals surface area contributed by atoms with Crippen LogP contribution in [0.15, 0.2) is 0 Å². The van der Waals surface area contributed by atoms with Gasteiger partial charge in [0.25, 0.3) is 0 Å². The van der Waals surface area contributed by atoms with E-state index < -0.39 is 5.92 Å². The van der Waals surface area contributed by atoms with E-state index in [1.165, 1.54) is 39.7 Å². The second-order valence-electron chi connectivity index (χ2n) is 4.24. The van der Waals surface area contributed by atoms with E-state index in [-0.39, 0.29) is 11.8 Å². The highest BCUT2D eigenvalue weighted by Gasteiger charge is 2.23. The minimum Gasteiger partial charge on any atom is -0.468 e. The maximum Gasteiger partial charge on any atom is 0.316 e. The summed E-state index contributed by atoms with van der Waals surface area (Å²) in [4.78, 5) is 22.5. The molecule has 0 rings (SSSR count). The number of carbonyl (C=O) groups excluding carboxylic acids is 2. The molecule has 0 N–H and O–H groups in total. The highest BCUT2D eigenvalue weighted by atomic mass is 16.5. The van der Waals surface area contributed by atoms with Crippen LogP contribution in [-0.4, -0.2) is 18.9 Å². The zero-order valence-electron chi connectivity index (χ0n) is 10.8. The Bertz CT molecular complexity index is 211. The van der Waals surface area contributed by atoms with E-state index in [9.17, 15) is 9.59 Å². The molecule has 0 aromatic carbocycles. The van der Waals surface area contributed by atoms with E-state index in [0.717, 1.165) is 12.8 Å². The molecule has 0 spiro atoms. The maximum absolute atomic E-state index is 11.3. The number of esters is 1. The summed E-state index contributed by atoms with van der Waals surface area (Å²) in [5.41, 5.74) is 0. The molecule has 0 aliphatic rings. The monoisotopic (exact) mass is 228 g/mol. The molecule has 0 unspecified atom stereocenters. The fraction of sp³-hybridized carbons (Fsp3) is 0.846. The Morgan fingerprint density at radius 2 is 1.62 bits per heavy atom. The fourth-order valence-corrected chi connectivity index (χ4v) is 1.76. The van der Waals surface area contributed by atoms with Crippen LogP contribution >= 0.6 is 0 Å². The number of hydrogen-bond donors (Lipinski definition) is 0.